The highest BCUT2D eigenvalue weighted by atomic mass is 16.5. The lowest BCUT2D eigenvalue weighted by atomic mass is 9.92. The molecule has 3 nitrogen and oxygen atoms in total. The van der Waals surface area contributed by atoms with E-state index in [0.29, 0.717) is 18.9 Å². The molecule has 2 atom stereocenters. The van der Waals surface area contributed by atoms with Crippen molar-refractivity contribution in [1.29, 1.82) is 0 Å². The van der Waals surface area contributed by atoms with Crippen molar-refractivity contribution in [2.24, 2.45) is 5.92 Å². The Bertz CT molecular complexity index is 409. The van der Waals surface area contributed by atoms with Crippen LogP contribution in [0.25, 0.3) is 0 Å². The van der Waals surface area contributed by atoms with Crippen molar-refractivity contribution in [2.45, 2.75) is 181 Å². The molecule has 34 heavy (non-hydrogen) atoms. The predicted octanol–water partition coefficient (Wildman–Crippen LogP) is 9.93. The number of ether oxygens (including phenoxy) is 1. The van der Waals surface area contributed by atoms with E-state index in [2.05, 4.69) is 20.8 Å². The lowest BCUT2D eigenvalue weighted by molar-refractivity contribution is -0.145. The van der Waals surface area contributed by atoms with Gasteiger partial charge in [-0.3, -0.25) is 4.79 Å². The zero-order valence-electron chi connectivity index (χ0n) is 23.6. The van der Waals surface area contributed by atoms with Gasteiger partial charge in [0.15, 0.2) is 0 Å². The van der Waals surface area contributed by atoms with Crippen LogP contribution in [0.1, 0.15) is 175 Å². The maximum atomic E-state index is 12.3. The van der Waals surface area contributed by atoms with Crippen molar-refractivity contribution < 1.29 is 14.6 Å². The summed E-state index contributed by atoms with van der Waals surface area (Å²) in [6.45, 7) is 7.32. The SMILES string of the molecule is CCCCCCCCCC(O)CCCCCCCCOC(=O)CC(CCCC)CCCCCC. The van der Waals surface area contributed by atoms with Gasteiger partial charge in [-0.25, -0.2) is 0 Å². The first-order valence-electron chi connectivity index (χ1n) is 15.5. The van der Waals surface area contributed by atoms with Gasteiger partial charge in [0.25, 0.3) is 0 Å². The monoisotopic (exact) mass is 482 g/mol. The van der Waals surface area contributed by atoms with E-state index < -0.39 is 0 Å². The first-order valence-corrected chi connectivity index (χ1v) is 15.5. The largest absolute Gasteiger partial charge is 0.466 e. The summed E-state index contributed by atoms with van der Waals surface area (Å²) in [7, 11) is 0. The van der Waals surface area contributed by atoms with Crippen molar-refractivity contribution >= 4 is 5.97 Å². The van der Waals surface area contributed by atoms with E-state index in [0.717, 1.165) is 32.1 Å². The number of unbranched alkanes of at least 4 members (excludes halogenated alkanes) is 15. The quantitative estimate of drug-likeness (QED) is 0.0935. The molecule has 0 fully saturated rings. The minimum atomic E-state index is -0.0946. The lowest BCUT2D eigenvalue weighted by Crippen LogP contribution is -2.13. The van der Waals surface area contributed by atoms with Gasteiger partial charge in [-0.05, 0) is 38.0 Å². The third-order valence-electron chi connectivity index (χ3n) is 7.22. The van der Waals surface area contributed by atoms with E-state index in [1.165, 1.54) is 116 Å². The summed E-state index contributed by atoms with van der Waals surface area (Å²) < 4.78 is 5.54. The number of aliphatic hydroxyl groups excluding tert-OH is 1. The Morgan fingerprint density at radius 2 is 0.971 bits per heavy atom. The van der Waals surface area contributed by atoms with Crippen LogP contribution in [0.3, 0.4) is 0 Å². The lowest BCUT2D eigenvalue weighted by Gasteiger charge is -2.16. The highest BCUT2D eigenvalue weighted by Gasteiger charge is 2.14. The van der Waals surface area contributed by atoms with Crippen LogP contribution in [0.5, 0.6) is 0 Å². The van der Waals surface area contributed by atoms with Crippen molar-refractivity contribution in [2.75, 3.05) is 6.61 Å². The molecule has 0 saturated carbocycles. The molecule has 204 valence electrons. The van der Waals surface area contributed by atoms with E-state index in [9.17, 15) is 9.90 Å². The van der Waals surface area contributed by atoms with Crippen LogP contribution in [0.4, 0.5) is 0 Å². The number of aliphatic hydroxyl groups is 1. The number of carbonyl (C=O) groups is 1. The Labute approximate surface area is 214 Å². The van der Waals surface area contributed by atoms with Gasteiger partial charge in [-0.15, -0.1) is 0 Å². The standard InChI is InChI=1S/C31H62O3/c1-4-7-10-12-13-16-20-25-30(32)26-21-17-14-15-18-22-27-34-31(33)28-29(23-9-6-3)24-19-11-8-5-2/h29-30,32H,4-28H2,1-3H3. The zero-order valence-corrected chi connectivity index (χ0v) is 23.6. The molecule has 0 aliphatic carbocycles. The normalized spacial score (nSPS) is 13.2. The second-order valence-electron chi connectivity index (χ2n) is 10.8. The van der Waals surface area contributed by atoms with Crippen molar-refractivity contribution in [1.82, 2.24) is 0 Å². The van der Waals surface area contributed by atoms with Gasteiger partial charge >= 0.3 is 5.97 Å². The van der Waals surface area contributed by atoms with Crippen LogP contribution in [0.2, 0.25) is 0 Å². The molecule has 0 aromatic carbocycles. The smallest absolute Gasteiger partial charge is 0.306 e. The summed E-state index contributed by atoms with van der Waals surface area (Å²) in [5, 5.41) is 10.1. The molecule has 2 unspecified atom stereocenters. The number of esters is 1. The second kappa shape index (κ2) is 27.0. The van der Waals surface area contributed by atoms with E-state index in [4.69, 9.17) is 4.74 Å². The summed E-state index contributed by atoms with van der Waals surface area (Å²) in [5.74, 6) is 0.539. The molecule has 0 saturated heterocycles. The fraction of sp³-hybridized carbons (Fsp3) is 0.968. The van der Waals surface area contributed by atoms with Gasteiger partial charge in [0.1, 0.15) is 0 Å². The Morgan fingerprint density at radius 1 is 0.559 bits per heavy atom. The molecule has 0 radical (unpaired) electrons. The van der Waals surface area contributed by atoms with Crippen LogP contribution < -0.4 is 0 Å². The van der Waals surface area contributed by atoms with Gasteiger partial charge in [0, 0.05) is 6.42 Å². The molecule has 0 bridgehead atoms. The molecular formula is C31H62O3. The molecule has 0 rings (SSSR count). The Kier molecular flexibility index (Phi) is 26.6. The van der Waals surface area contributed by atoms with Gasteiger partial charge in [-0.2, -0.15) is 0 Å². The van der Waals surface area contributed by atoms with E-state index >= 15 is 0 Å². The molecule has 0 spiro atoms. The van der Waals surface area contributed by atoms with Gasteiger partial charge in [-0.1, -0.05) is 136 Å². The summed E-state index contributed by atoms with van der Waals surface area (Å²) in [6.07, 6.45) is 28.5. The zero-order chi connectivity index (χ0) is 25.1. The van der Waals surface area contributed by atoms with Gasteiger partial charge in [0.05, 0.1) is 12.7 Å². The third kappa shape index (κ3) is 24.6. The average molecular weight is 483 g/mol. The highest BCUT2D eigenvalue weighted by molar-refractivity contribution is 5.69. The molecule has 0 aromatic heterocycles. The molecule has 3 heteroatoms. The van der Waals surface area contributed by atoms with E-state index in [1.807, 2.05) is 0 Å². The Balaban J connectivity index is 3.56. The van der Waals surface area contributed by atoms with Gasteiger partial charge in [0.2, 0.25) is 0 Å². The highest BCUT2D eigenvalue weighted by Crippen LogP contribution is 2.21. The molecule has 0 aliphatic heterocycles. The number of carbonyl (C=O) groups excluding carboxylic acids is 1. The predicted molar refractivity (Wildman–Crippen MR) is 148 cm³/mol. The summed E-state index contributed by atoms with van der Waals surface area (Å²) in [5.41, 5.74) is 0. The number of hydrogen-bond acceptors (Lipinski definition) is 3. The van der Waals surface area contributed by atoms with Crippen LogP contribution in [0.15, 0.2) is 0 Å². The second-order valence-corrected chi connectivity index (χ2v) is 10.8. The average Bonchev–Trinajstić information content (AvgIpc) is 2.83. The summed E-state index contributed by atoms with van der Waals surface area (Å²) in [4.78, 5) is 12.3. The number of rotatable bonds is 27. The van der Waals surface area contributed by atoms with E-state index in [1.54, 1.807) is 0 Å². The maximum absolute atomic E-state index is 12.3. The summed E-state index contributed by atoms with van der Waals surface area (Å²) >= 11 is 0. The van der Waals surface area contributed by atoms with E-state index in [-0.39, 0.29) is 12.1 Å². The minimum absolute atomic E-state index is 0.0199. The van der Waals surface area contributed by atoms with Crippen LogP contribution >= 0.6 is 0 Å². The van der Waals surface area contributed by atoms with Crippen LogP contribution in [-0.4, -0.2) is 23.8 Å². The molecular weight excluding hydrogens is 420 g/mol. The molecule has 0 aliphatic rings. The number of hydrogen-bond donors (Lipinski definition) is 1. The molecule has 0 heterocycles. The molecule has 1 N–H and O–H groups in total. The fourth-order valence-corrected chi connectivity index (χ4v) is 4.85. The van der Waals surface area contributed by atoms with Crippen molar-refractivity contribution in [3.63, 3.8) is 0 Å². The maximum Gasteiger partial charge on any atom is 0.306 e. The third-order valence-corrected chi connectivity index (χ3v) is 7.22. The first kappa shape index (κ1) is 33.4. The molecule has 0 aromatic rings. The van der Waals surface area contributed by atoms with Gasteiger partial charge < -0.3 is 9.84 Å². The van der Waals surface area contributed by atoms with Crippen molar-refractivity contribution in [3.8, 4) is 0 Å². The first-order chi connectivity index (χ1) is 16.6. The Morgan fingerprint density at radius 3 is 1.53 bits per heavy atom. The topological polar surface area (TPSA) is 46.5 Å². The molecule has 0 amide bonds. The summed E-state index contributed by atoms with van der Waals surface area (Å²) in [6, 6.07) is 0. The van der Waals surface area contributed by atoms with Crippen molar-refractivity contribution in [3.05, 3.63) is 0 Å². The van der Waals surface area contributed by atoms with Crippen LogP contribution in [0, 0.1) is 5.92 Å². The fourth-order valence-electron chi connectivity index (χ4n) is 4.85. The Hall–Kier alpha value is -0.570. The minimum Gasteiger partial charge on any atom is -0.466 e. The van der Waals surface area contributed by atoms with Crippen LogP contribution in [-0.2, 0) is 9.53 Å².